The van der Waals surface area contributed by atoms with E-state index >= 15 is 0 Å². The fourth-order valence-electron chi connectivity index (χ4n) is 3.29. The van der Waals surface area contributed by atoms with Crippen molar-refractivity contribution in [2.24, 2.45) is 0 Å². The van der Waals surface area contributed by atoms with Crippen molar-refractivity contribution in [3.63, 3.8) is 0 Å². The van der Waals surface area contributed by atoms with Crippen molar-refractivity contribution in [2.45, 2.75) is 31.5 Å². The van der Waals surface area contributed by atoms with Crippen LogP contribution in [0.2, 0.25) is 5.02 Å². The zero-order valence-corrected chi connectivity index (χ0v) is 14.4. The molecule has 2 atom stereocenters. The molecule has 0 aromatic heterocycles. The second-order valence-corrected chi connectivity index (χ2v) is 6.48. The number of benzene rings is 2. The van der Waals surface area contributed by atoms with E-state index in [4.69, 9.17) is 16.3 Å². The molecule has 2 unspecified atom stereocenters. The number of nitrogens with one attached hydrogen (secondary N) is 2. The molecule has 24 heavy (non-hydrogen) atoms. The van der Waals surface area contributed by atoms with Crippen molar-refractivity contribution in [3.05, 3.63) is 64.4 Å². The van der Waals surface area contributed by atoms with Gasteiger partial charge in [0.1, 0.15) is 11.6 Å². The Balaban J connectivity index is 1.75. The maximum atomic E-state index is 14.2. The van der Waals surface area contributed by atoms with Crippen LogP contribution in [0.5, 0.6) is 5.75 Å². The van der Waals surface area contributed by atoms with Crippen LogP contribution in [-0.2, 0) is 6.54 Å². The molecule has 0 radical (unpaired) electrons. The van der Waals surface area contributed by atoms with Gasteiger partial charge in [0.05, 0.1) is 13.2 Å². The van der Waals surface area contributed by atoms with E-state index in [1.807, 2.05) is 30.3 Å². The highest BCUT2D eigenvalue weighted by molar-refractivity contribution is 6.30. The predicted molar refractivity (Wildman–Crippen MR) is 95.0 cm³/mol. The molecular formula is C19H22ClFN2O. The van der Waals surface area contributed by atoms with Crippen molar-refractivity contribution in [1.82, 2.24) is 10.6 Å². The minimum Gasteiger partial charge on any atom is -0.496 e. The van der Waals surface area contributed by atoms with Crippen molar-refractivity contribution >= 4 is 11.6 Å². The third-order valence-corrected chi connectivity index (χ3v) is 4.73. The summed E-state index contributed by atoms with van der Waals surface area (Å²) < 4.78 is 19.6. The number of ether oxygens (including phenoxy) is 1. The lowest BCUT2D eigenvalue weighted by Crippen LogP contribution is -2.46. The Morgan fingerprint density at radius 1 is 1.29 bits per heavy atom. The molecule has 3 nitrogen and oxygen atoms in total. The molecular weight excluding hydrogens is 327 g/mol. The summed E-state index contributed by atoms with van der Waals surface area (Å²) in [6.07, 6.45) is 2.06. The Kier molecular flexibility index (Phi) is 5.72. The van der Waals surface area contributed by atoms with Crippen LogP contribution < -0.4 is 15.4 Å². The van der Waals surface area contributed by atoms with E-state index in [0.717, 1.165) is 30.7 Å². The molecule has 1 aliphatic rings. The molecule has 0 aliphatic carbocycles. The van der Waals surface area contributed by atoms with Gasteiger partial charge < -0.3 is 15.4 Å². The van der Waals surface area contributed by atoms with E-state index in [1.165, 1.54) is 6.07 Å². The summed E-state index contributed by atoms with van der Waals surface area (Å²) in [7, 11) is 1.65. The van der Waals surface area contributed by atoms with Crippen LogP contribution in [0.3, 0.4) is 0 Å². The molecule has 1 heterocycles. The number of piperidine rings is 1. The molecule has 128 valence electrons. The van der Waals surface area contributed by atoms with Crippen LogP contribution in [0.4, 0.5) is 4.39 Å². The summed E-state index contributed by atoms with van der Waals surface area (Å²) in [5.41, 5.74) is 1.72. The van der Waals surface area contributed by atoms with Crippen LogP contribution in [-0.4, -0.2) is 19.7 Å². The van der Waals surface area contributed by atoms with Gasteiger partial charge in [-0.1, -0.05) is 29.8 Å². The van der Waals surface area contributed by atoms with Crippen LogP contribution in [0.15, 0.2) is 42.5 Å². The molecule has 0 amide bonds. The molecule has 1 saturated heterocycles. The van der Waals surface area contributed by atoms with Crippen molar-refractivity contribution in [1.29, 1.82) is 0 Å². The second-order valence-electron chi connectivity index (χ2n) is 6.04. The SMILES string of the molecule is COc1ccc(Cl)cc1CNC1CCCNC1c1ccccc1F. The maximum Gasteiger partial charge on any atom is 0.128 e. The van der Waals surface area contributed by atoms with Crippen LogP contribution in [0.1, 0.15) is 30.0 Å². The minimum atomic E-state index is -0.163. The Hall–Kier alpha value is -1.62. The van der Waals surface area contributed by atoms with E-state index in [0.29, 0.717) is 17.1 Å². The van der Waals surface area contributed by atoms with Gasteiger partial charge in [0.25, 0.3) is 0 Å². The average Bonchev–Trinajstić information content (AvgIpc) is 2.61. The van der Waals surface area contributed by atoms with Gasteiger partial charge >= 0.3 is 0 Å². The minimum absolute atomic E-state index is 0.0369. The van der Waals surface area contributed by atoms with E-state index in [1.54, 1.807) is 13.2 Å². The van der Waals surface area contributed by atoms with Gasteiger partial charge in [0.15, 0.2) is 0 Å². The lowest BCUT2D eigenvalue weighted by Gasteiger charge is -2.34. The lowest BCUT2D eigenvalue weighted by molar-refractivity contribution is 0.297. The monoisotopic (exact) mass is 348 g/mol. The Morgan fingerprint density at radius 3 is 2.92 bits per heavy atom. The third-order valence-electron chi connectivity index (χ3n) is 4.50. The second kappa shape index (κ2) is 7.97. The zero-order valence-electron chi connectivity index (χ0n) is 13.7. The normalized spacial score (nSPS) is 20.8. The van der Waals surface area contributed by atoms with Crippen LogP contribution in [0, 0.1) is 5.82 Å². The molecule has 2 aromatic rings. The summed E-state index contributed by atoms with van der Waals surface area (Å²) in [5, 5.41) is 7.67. The molecule has 0 spiro atoms. The zero-order chi connectivity index (χ0) is 16.9. The smallest absolute Gasteiger partial charge is 0.128 e. The largest absolute Gasteiger partial charge is 0.496 e. The molecule has 2 N–H and O–H groups in total. The highest BCUT2D eigenvalue weighted by Crippen LogP contribution is 2.27. The van der Waals surface area contributed by atoms with Gasteiger partial charge in [-0.25, -0.2) is 4.39 Å². The fourth-order valence-corrected chi connectivity index (χ4v) is 3.48. The molecule has 5 heteroatoms. The quantitative estimate of drug-likeness (QED) is 0.854. The first-order valence-electron chi connectivity index (χ1n) is 8.22. The highest BCUT2D eigenvalue weighted by Gasteiger charge is 2.27. The van der Waals surface area contributed by atoms with E-state index in [9.17, 15) is 4.39 Å². The van der Waals surface area contributed by atoms with Crippen molar-refractivity contribution < 1.29 is 9.13 Å². The Labute approximate surface area is 147 Å². The summed E-state index contributed by atoms with van der Waals surface area (Å²) in [6.45, 7) is 1.53. The highest BCUT2D eigenvalue weighted by atomic mass is 35.5. The van der Waals surface area contributed by atoms with E-state index < -0.39 is 0 Å². The molecule has 1 fully saturated rings. The maximum absolute atomic E-state index is 14.2. The number of hydrogen-bond acceptors (Lipinski definition) is 3. The first-order chi connectivity index (χ1) is 11.7. The summed E-state index contributed by atoms with van der Waals surface area (Å²) in [6, 6.07) is 12.7. The van der Waals surface area contributed by atoms with Crippen LogP contribution in [0.25, 0.3) is 0 Å². The number of methoxy groups -OCH3 is 1. The van der Waals surface area contributed by atoms with Gasteiger partial charge in [0, 0.05) is 28.7 Å². The average molecular weight is 349 g/mol. The first-order valence-corrected chi connectivity index (χ1v) is 8.60. The van der Waals surface area contributed by atoms with Crippen molar-refractivity contribution in [3.8, 4) is 5.75 Å². The van der Waals surface area contributed by atoms with Crippen molar-refractivity contribution in [2.75, 3.05) is 13.7 Å². The molecule has 3 rings (SSSR count). The number of hydrogen-bond donors (Lipinski definition) is 2. The van der Waals surface area contributed by atoms with E-state index in [2.05, 4.69) is 10.6 Å². The molecule has 0 saturated carbocycles. The standard InChI is InChI=1S/C19H22ClFN2O/c1-24-18-9-8-14(20)11-13(18)12-23-17-7-4-10-22-19(17)15-5-2-3-6-16(15)21/h2-3,5-6,8-9,11,17,19,22-23H,4,7,10,12H2,1H3. The summed E-state index contributed by atoms with van der Waals surface area (Å²) in [5.74, 6) is 0.641. The Bertz CT molecular complexity index is 695. The van der Waals surface area contributed by atoms with Crippen LogP contribution >= 0.6 is 11.6 Å². The van der Waals surface area contributed by atoms with Gasteiger partial charge in [-0.15, -0.1) is 0 Å². The number of halogens is 2. The fraction of sp³-hybridized carbons (Fsp3) is 0.368. The first kappa shape index (κ1) is 17.2. The number of rotatable bonds is 5. The topological polar surface area (TPSA) is 33.3 Å². The van der Waals surface area contributed by atoms with Gasteiger partial charge in [-0.05, 0) is 43.7 Å². The van der Waals surface area contributed by atoms with Gasteiger partial charge in [-0.2, -0.15) is 0 Å². The summed E-state index contributed by atoms with van der Waals surface area (Å²) in [4.78, 5) is 0. The predicted octanol–water partition coefficient (Wildman–Crippen LogP) is 4.07. The van der Waals surface area contributed by atoms with E-state index in [-0.39, 0.29) is 17.9 Å². The molecule has 1 aliphatic heterocycles. The van der Waals surface area contributed by atoms with Gasteiger partial charge in [0.2, 0.25) is 0 Å². The third kappa shape index (κ3) is 3.89. The molecule has 0 bridgehead atoms. The Morgan fingerprint density at radius 2 is 2.12 bits per heavy atom. The summed E-state index contributed by atoms with van der Waals surface area (Å²) >= 11 is 6.10. The van der Waals surface area contributed by atoms with Gasteiger partial charge in [-0.3, -0.25) is 0 Å². The molecule has 2 aromatic carbocycles. The lowest BCUT2D eigenvalue weighted by atomic mass is 9.91.